The number of carbonyl (C=O) groups excluding carboxylic acids is 3. The number of ether oxygens (including phenoxy) is 5. The molecule has 1 aliphatic rings. The zero-order chi connectivity index (χ0) is 31.9. The molecule has 3 aromatic rings. The van der Waals surface area contributed by atoms with E-state index in [9.17, 15) is 14.4 Å². The van der Waals surface area contributed by atoms with E-state index in [1.807, 2.05) is 54.6 Å². The van der Waals surface area contributed by atoms with E-state index in [0.717, 1.165) is 42.7 Å². The summed E-state index contributed by atoms with van der Waals surface area (Å²) in [6.07, 6.45) is 4.27. The second-order valence-electron chi connectivity index (χ2n) is 10.6. The minimum absolute atomic E-state index is 0.183. The van der Waals surface area contributed by atoms with Crippen molar-refractivity contribution in [3.8, 4) is 29.1 Å². The molecular formula is C36H39NO8. The van der Waals surface area contributed by atoms with Gasteiger partial charge in [0.1, 0.15) is 30.5 Å². The Morgan fingerprint density at radius 2 is 1.53 bits per heavy atom. The van der Waals surface area contributed by atoms with Crippen LogP contribution >= 0.6 is 0 Å². The summed E-state index contributed by atoms with van der Waals surface area (Å²) in [6.45, 7) is 0.932. The maximum absolute atomic E-state index is 13.3. The SMILES string of the molecule is COC(=O)c1ccc(OCCCc2ccc(OCC#CCOc3ccccc3)cc2)c(C(=O)NC2CCCC(C(=O)OC)C2)c1. The first-order valence-corrected chi connectivity index (χ1v) is 15.1. The number of rotatable bonds is 13. The van der Waals surface area contributed by atoms with Crippen LogP contribution in [0.3, 0.4) is 0 Å². The Balaban J connectivity index is 1.25. The first-order chi connectivity index (χ1) is 22.0. The van der Waals surface area contributed by atoms with Crippen LogP contribution < -0.4 is 19.5 Å². The normalized spacial score (nSPS) is 15.5. The van der Waals surface area contributed by atoms with E-state index in [4.69, 9.17) is 23.7 Å². The first-order valence-electron chi connectivity index (χ1n) is 15.1. The molecule has 3 aromatic carbocycles. The number of hydrogen-bond donors (Lipinski definition) is 1. The van der Waals surface area contributed by atoms with E-state index in [-0.39, 0.29) is 41.6 Å². The fraction of sp³-hybridized carbons (Fsp3) is 0.361. The minimum atomic E-state index is -0.546. The van der Waals surface area contributed by atoms with Crippen LogP contribution in [0.1, 0.15) is 58.4 Å². The topological polar surface area (TPSA) is 109 Å². The predicted octanol–water partition coefficient (Wildman–Crippen LogP) is 5.41. The second kappa shape index (κ2) is 17.4. The van der Waals surface area contributed by atoms with Crippen LogP contribution in [-0.2, 0) is 20.7 Å². The summed E-state index contributed by atoms with van der Waals surface area (Å²) in [6, 6.07) is 21.8. The Kier molecular flexibility index (Phi) is 12.7. The number of carbonyl (C=O) groups is 3. The van der Waals surface area contributed by atoms with E-state index in [2.05, 4.69) is 17.2 Å². The van der Waals surface area contributed by atoms with Gasteiger partial charge in [-0.25, -0.2) is 4.79 Å². The number of esters is 2. The van der Waals surface area contributed by atoms with Gasteiger partial charge in [-0.2, -0.15) is 0 Å². The van der Waals surface area contributed by atoms with Crippen LogP contribution in [0.25, 0.3) is 0 Å². The average molecular weight is 614 g/mol. The van der Waals surface area contributed by atoms with Crippen molar-refractivity contribution in [2.24, 2.45) is 5.92 Å². The van der Waals surface area contributed by atoms with Crippen molar-refractivity contribution in [3.05, 3.63) is 89.5 Å². The zero-order valence-corrected chi connectivity index (χ0v) is 25.7. The van der Waals surface area contributed by atoms with Crippen molar-refractivity contribution in [2.75, 3.05) is 34.0 Å². The monoisotopic (exact) mass is 613 g/mol. The molecule has 236 valence electrons. The molecule has 0 aromatic heterocycles. The fourth-order valence-corrected chi connectivity index (χ4v) is 5.11. The van der Waals surface area contributed by atoms with Gasteiger partial charge in [0.2, 0.25) is 0 Å². The summed E-state index contributed by atoms with van der Waals surface area (Å²) in [7, 11) is 2.66. The number of para-hydroxylation sites is 1. The van der Waals surface area contributed by atoms with Gasteiger partial charge in [-0.1, -0.05) is 48.6 Å². The second-order valence-corrected chi connectivity index (χ2v) is 10.6. The molecule has 2 atom stereocenters. The van der Waals surface area contributed by atoms with Crippen molar-refractivity contribution in [3.63, 3.8) is 0 Å². The van der Waals surface area contributed by atoms with Gasteiger partial charge in [0.05, 0.1) is 37.9 Å². The standard InChI is InChI=1S/C36H39NO8/c1-41-35(39)27-11-8-12-29(24-27)37-34(38)32-25-28(36(40)42-2)17-20-33(32)45-23-9-10-26-15-18-31(19-16-26)44-22-7-6-21-43-30-13-4-3-5-14-30/h3-5,13-20,25,27,29H,8-12,21-24H2,1-2H3,(H,37,38). The fourth-order valence-electron chi connectivity index (χ4n) is 5.11. The summed E-state index contributed by atoms with van der Waals surface area (Å²) in [5.41, 5.74) is 1.61. The molecule has 1 aliphatic carbocycles. The van der Waals surface area contributed by atoms with Crippen LogP contribution in [0, 0.1) is 17.8 Å². The molecule has 1 saturated carbocycles. The highest BCUT2D eigenvalue weighted by Crippen LogP contribution is 2.27. The van der Waals surface area contributed by atoms with Crippen molar-refractivity contribution >= 4 is 17.8 Å². The van der Waals surface area contributed by atoms with Crippen molar-refractivity contribution < 1.29 is 38.1 Å². The molecule has 9 nitrogen and oxygen atoms in total. The van der Waals surface area contributed by atoms with Crippen molar-refractivity contribution in [2.45, 2.75) is 44.6 Å². The van der Waals surface area contributed by atoms with Gasteiger partial charge >= 0.3 is 11.9 Å². The lowest BCUT2D eigenvalue weighted by Crippen LogP contribution is -2.40. The van der Waals surface area contributed by atoms with Crippen molar-refractivity contribution in [1.82, 2.24) is 5.32 Å². The third-order valence-corrected chi connectivity index (χ3v) is 7.47. The molecule has 9 heteroatoms. The molecule has 1 N–H and O–H groups in total. The van der Waals surface area contributed by atoms with E-state index in [1.54, 1.807) is 12.1 Å². The number of hydrogen-bond acceptors (Lipinski definition) is 8. The number of methoxy groups -OCH3 is 2. The van der Waals surface area contributed by atoms with Crippen LogP contribution in [0.15, 0.2) is 72.8 Å². The Morgan fingerprint density at radius 1 is 0.822 bits per heavy atom. The zero-order valence-electron chi connectivity index (χ0n) is 25.7. The maximum Gasteiger partial charge on any atom is 0.337 e. The first kappa shape index (κ1) is 32.9. The summed E-state index contributed by atoms with van der Waals surface area (Å²) >= 11 is 0. The molecule has 0 saturated heterocycles. The predicted molar refractivity (Wildman–Crippen MR) is 168 cm³/mol. The molecule has 1 amide bonds. The van der Waals surface area contributed by atoms with Crippen molar-refractivity contribution in [1.29, 1.82) is 0 Å². The molecule has 0 spiro atoms. The van der Waals surface area contributed by atoms with E-state index in [0.29, 0.717) is 31.8 Å². The quantitative estimate of drug-likeness (QED) is 0.155. The van der Waals surface area contributed by atoms with Crippen LogP contribution in [-0.4, -0.2) is 57.9 Å². The highest BCUT2D eigenvalue weighted by molar-refractivity contribution is 6.00. The average Bonchev–Trinajstić information content (AvgIpc) is 3.08. The molecule has 0 bridgehead atoms. The smallest absolute Gasteiger partial charge is 0.337 e. The minimum Gasteiger partial charge on any atom is -0.493 e. The molecule has 0 heterocycles. The lowest BCUT2D eigenvalue weighted by molar-refractivity contribution is -0.146. The Morgan fingerprint density at radius 3 is 2.22 bits per heavy atom. The largest absolute Gasteiger partial charge is 0.493 e. The number of nitrogens with one attached hydrogen (secondary N) is 1. The van der Waals surface area contributed by atoms with E-state index in [1.165, 1.54) is 20.3 Å². The molecule has 0 aliphatic heterocycles. The Bertz CT molecular complexity index is 1480. The van der Waals surface area contributed by atoms with Gasteiger partial charge < -0.3 is 29.0 Å². The lowest BCUT2D eigenvalue weighted by atomic mass is 9.85. The molecule has 4 rings (SSSR count). The Labute approximate surface area is 264 Å². The molecule has 45 heavy (non-hydrogen) atoms. The van der Waals surface area contributed by atoms with Gasteiger partial charge in [-0.15, -0.1) is 0 Å². The third kappa shape index (κ3) is 10.3. The number of aryl methyl sites for hydroxylation is 1. The molecule has 2 unspecified atom stereocenters. The highest BCUT2D eigenvalue weighted by Gasteiger charge is 2.29. The third-order valence-electron chi connectivity index (χ3n) is 7.47. The Hall–Kier alpha value is -4.97. The number of benzene rings is 3. The maximum atomic E-state index is 13.3. The summed E-state index contributed by atoms with van der Waals surface area (Å²) < 4.78 is 27.0. The highest BCUT2D eigenvalue weighted by atomic mass is 16.5. The van der Waals surface area contributed by atoms with Gasteiger partial charge in [-0.05, 0) is 80.1 Å². The van der Waals surface area contributed by atoms with Crippen LogP contribution in [0.2, 0.25) is 0 Å². The molecule has 0 radical (unpaired) electrons. The van der Waals surface area contributed by atoms with E-state index >= 15 is 0 Å². The molecule has 1 fully saturated rings. The summed E-state index contributed by atoms with van der Waals surface area (Å²) in [4.78, 5) is 37.5. The van der Waals surface area contributed by atoms with Gasteiger partial charge in [0.15, 0.2) is 0 Å². The lowest BCUT2D eigenvalue weighted by Gasteiger charge is -2.28. The van der Waals surface area contributed by atoms with Gasteiger partial charge in [-0.3, -0.25) is 9.59 Å². The van der Waals surface area contributed by atoms with E-state index < -0.39 is 5.97 Å². The summed E-state index contributed by atoms with van der Waals surface area (Å²) in [5, 5.41) is 3.02. The summed E-state index contributed by atoms with van der Waals surface area (Å²) in [5.74, 6) is 6.35. The molecular weight excluding hydrogens is 574 g/mol. The van der Waals surface area contributed by atoms with Crippen LogP contribution in [0.5, 0.6) is 17.2 Å². The van der Waals surface area contributed by atoms with Crippen LogP contribution in [0.4, 0.5) is 0 Å². The number of amides is 1. The van der Waals surface area contributed by atoms with Gasteiger partial charge in [0.25, 0.3) is 5.91 Å². The van der Waals surface area contributed by atoms with Gasteiger partial charge in [0, 0.05) is 6.04 Å².